The average Bonchev–Trinajstić information content (AvgIpc) is 3.63. The number of hydrogen-bond acceptors (Lipinski definition) is 2. The van der Waals surface area contributed by atoms with Gasteiger partial charge in [0.2, 0.25) is 0 Å². The van der Waals surface area contributed by atoms with E-state index >= 15 is 0 Å². The fraction of sp³-hybridized carbons (Fsp3) is 0.0889. The van der Waals surface area contributed by atoms with E-state index < -0.39 is 5.41 Å². The first kappa shape index (κ1) is 26.2. The Balaban J connectivity index is 1.35. The molecule has 0 saturated heterocycles. The van der Waals surface area contributed by atoms with E-state index in [0.29, 0.717) is 0 Å². The van der Waals surface area contributed by atoms with Crippen LogP contribution in [-0.2, 0) is 10.8 Å². The maximum atomic E-state index is 4.41. The Morgan fingerprint density at radius 1 is 0.500 bits per heavy atom. The predicted molar refractivity (Wildman–Crippen MR) is 196 cm³/mol. The Kier molecular flexibility index (Phi) is 4.85. The molecule has 0 amide bonds. The van der Waals surface area contributed by atoms with Crippen molar-refractivity contribution in [1.29, 1.82) is 0 Å². The van der Waals surface area contributed by atoms with Gasteiger partial charge in [0.25, 0.3) is 0 Å². The Labute approximate surface area is 279 Å². The van der Waals surface area contributed by atoms with Crippen LogP contribution in [0.2, 0.25) is 0 Å². The van der Waals surface area contributed by atoms with E-state index in [1.807, 2.05) is 12.4 Å². The molecule has 2 aliphatic heterocycles. The molecule has 4 heterocycles. The third kappa shape index (κ3) is 2.91. The van der Waals surface area contributed by atoms with Gasteiger partial charge in [-0.3, -0.25) is 4.98 Å². The largest absolute Gasteiger partial charge is 0.309 e. The van der Waals surface area contributed by atoms with Gasteiger partial charge in [0, 0.05) is 39.8 Å². The molecule has 1 atom stereocenters. The number of para-hydroxylation sites is 4. The van der Waals surface area contributed by atoms with E-state index in [4.69, 9.17) is 0 Å². The standard InChI is InChI=1S/C45H31N3/c1-44(2)33-16-6-9-20-39(33)47(28-24-26-46-27-25-28)43-36(44)23-22-35-41(43)31-13-3-5-15-32(31)45(35)34-17-7-10-21-40(34)48-38-19-8-4-12-29(38)30-14-11-18-37(45)42(30)48/h3-27H,1-2H3. The van der Waals surface area contributed by atoms with Crippen LogP contribution in [0.3, 0.4) is 0 Å². The Bertz CT molecular complexity index is 2660. The van der Waals surface area contributed by atoms with E-state index in [1.54, 1.807) is 0 Å². The zero-order chi connectivity index (χ0) is 31.8. The van der Waals surface area contributed by atoms with Crippen molar-refractivity contribution < 1.29 is 0 Å². The highest BCUT2D eigenvalue weighted by Gasteiger charge is 2.53. The molecule has 0 fully saturated rings. The fourth-order valence-corrected chi connectivity index (χ4v) is 9.59. The second-order valence-corrected chi connectivity index (χ2v) is 13.9. The Morgan fingerprint density at radius 3 is 2.00 bits per heavy atom. The summed E-state index contributed by atoms with van der Waals surface area (Å²) in [7, 11) is 0. The lowest BCUT2D eigenvalue weighted by atomic mass is 9.64. The minimum atomic E-state index is -0.494. The smallest absolute Gasteiger partial charge is 0.0755 e. The van der Waals surface area contributed by atoms with Crippen LogP contribution in [0.5, 0.6) is 0 Å². The molecule has 1 aliphatic carbocycles. The summed E-state index contributed by atoms with van der Waals surface area (Å²) in [5.41, 5.74) is 17.3. The molecule has 48 heavy (non-hydrogen) atoms. The maximum Gasteiger partial charge on any atom is 0.0755 e. The molecule has 1 spiro atoms. The second-order valence-electron chi connectivity index (χ2n) is 13.9. The van der Waals surface area contributed by atoms with E-state index in [0.717, 1.165) is 5.69 Å². The summed E-state index contributed by atoms with van der Waals surface area (Å²) in [6, 6.07) is 52.2. The molecule has 3 heteroatoms. The molecule has 1 unspecified atom stereocenters. The molecule has 0 saturated carbocycles. The summed E-state index contributed by atoms with van der Waals surface area (Å²) in [4.78, 5) is 6.91. The first-order valence-electron chi connectivity index (χ1n) is 16.8. The van der Waals surface area contributed by atoms with Gasteiger partial charge in [-0.1, -0.05) is 123 Å². The van der Waals surface area contributed by atoms with Crippen molar-refractivity contribution in [3.63, 3.8) is 0 Å². The number of pyridine rings is 1. The van der Waals surface area contributed by atoms with Crippen LogP contribution in [0.4, 0.5) is 17.1 Å². The molecule has 0 N–H and O–H groups in total. The van der Waals surface area contributed by atoms with Crippen molar-refractivity contribution in [3.05, 3.63) is 185 Å². The van der Waals surface area contributed by atoms with E-state index in [-0.39, 0.29) is 5.41 Å². The van der Waals surface area contributed by atoms with Crippen molar-refractivity contribution in [2.75, 3.05) is 4.90 Å². The number of nitrogens with zero attached hydrogens (tertiary/aromatic N) is 3. The summed E-state index contributed by atoms with van der Waals surface area (Å²) in [6.45, 7) is 4.76. The molecular formula is C45H31N3. The summed E-state index contributed by atoms with van der Waals surface area (Å²) in [6.07, 6.45) is 3.82. The molecule has 11 rings (SSSR count). The number of fused-ring (bicyclic) bond motifs is 15. The topological polar surface area (TPSA) is 21.1 Å². The second kappa shape index (κ2) is 8.90. The predicted octanol–water partition coefficient (Wildman–Crippen LogP) is 11.0. The highest BCUT2D eigenvalue weighted by Crippen LogP contribution is 2.65. The SMILES string of the molecule is CC1(C)c2ccccc2N(c2ccncc2)c2c1ccc1c2-c2ccccc2C12c1ccccc1-n1c3ccccc3c3cccc2c31. The highest BCUT2D eigenvalue weighted by atomic mass is 15.2. The molecule has 0 bridgehead atoms. The average molecular weight is 614 g/mol. The van der Waals surface area contributed by atoms with Crippen LogP contribution in [-0.4, -0.2) is 9.55 Å². The van der Waals surface area contributed by atoms with Gasteiger partial charge in [-0.05, 0) is 69.3 Å². The van der Waals surface area contributed by atoms with Crippen LogP contribution >= 0.6 is 0 Å². The third-order valence-electron chi connectivity index (χ3n) is 11.5. The minimum Gasteiger partial charge on any atom is -0.309 e. The van der Waals surface area contributed by atoms with Crippen molar-refractivity contribution in [1.82, 2.24) is 9.55 Å². The fourth-order valence-electron chi connectivity index (χ4n) is 9.59. The van der Waals surface area contributed by atoms with Crippen LogP contribution in [0, 0.1) is 0 Å². The number of benzene rings is 6. The zero-order valence-corrected chi connectivity index (χ0v) is 26.8. The summed E-state index contributed by atoms with van der Waals surface area (Å²) >= 11 is 0. The lowest BCUT2D eigenvalue weighted by molar-refractivity contribution is 0.631. The van der Waals surface area contributed by atoms with Gasteiger partial charge in [0.15, 0.2) is 0 Å². The van der Waals surface area contributed by atoms with Gasteiger partial charge in [0.1, 0.15) is 0 Å². The van der Waals surface area contributed by atoms with E-state index in [9.17, 15) is 0 Å². The third-order valence-corrected chi connectivity index (χ3v) is 11.5. The van der Waals surface area contributed by atoms with Crippen molar-refractivity contribution >= 4 is 38.9 Å². The van der Waals surface area contributed by atoms with E-state index in [1.165, 1.54) is 83.4 Å². The highest BCUT2D eigenvalue weighted by molar-refractivity contribution is 6.13. The molecule has 6 aromatic carbocycles. The number of rotatable bonds is 1. The van der Waals surface area contributed by atoms with Gasteiger partial charge in [-0.2, -0.15) is 0 Å². The molecule has 0 radical (unpaired) electrons. The number of hydrogen-bond donors (Lipinski definition) is 0. The van der Waals surface area contributed by atoms with Gasteiger partial charge >= 0.3 is 0 Å². The molecule has 3 nitrogen and oxygen atoms in total. The summed E-state index contributed by atoms with van der Waals surface area (Å²) in [5, 5.41) is 2.59. The molecular weight excluding hydrogens is 583 g/mol. The lowest BCUT2D eigenvalue weighted by Gasteiger charge is -2.44. The van der Waals surface area contributed by atoms with Crippen LogP contribution < -0.4 is 4.90 Å². The summed E-state index contributed by atoms with van der Waals surface area (Å²) < 4.78 is 2.52. The van der Waals surface area contributed by atoms with Gasteiger partial charge in [-0.15, -0.1) is 0 Å². The van der Waals surface area contributed by atoms with Crippen molar-refractivity contribution in [2.24, 2.45) is 0 Å². The van der Waals surface area contributed by atoms with Crippen molar-refractivity contribution in [3.8, 4) is 16.8 Å². The molecule has 3 aliphatic rings. The van der Waals surface area contributed by atoms with Crippen LogP contribution in [0.15, 0.2) is 152 Å². The molecule has 8 aromatic rings. The monoisotopic (exact) mass is 613 g/mol. The first-order chi connectivity index (χ1) is 23.6. The quantitative estimate of drug-likeness (QED) is 0.184. The molecule has 2 aromatic heterocycles. The zero-order valence-electron chi connectivity index (χ0n) is 26.8. The van der Waals surface area contributed by atoms with Crippen LogP contribution in [0.25, 0.3) is 38.6 Å². The van der Waals surface area contributed by atoms with Crippen LogP contribution in [0.1, 0.15) is 47.2 Å². The lowest BCUT2D eigenvalue weighted by Crippen LogP contribution is -2.34. The minimum absolute atomic E-state index is 0.202. The normalized spacial score (nSPS) is 17.6. The van der Waals surface area contributed by atoms with Crippen molar-refractivity contribution in [2.45, 2.75) is 24.7 Å². The molecule has 226 valence electrons. The van der Waals surface area contributed by atoms with Gasteiger partial charge in [-0.25, -0.2) is 0 Å². The Hall–Kier alpha value is -5.93. The van der Waals surface area contributed by atoms with Gasteiger partial charge < -0.3 is 9.47 Å². The summed E-state index contributed by atoms with van der Waals surface area (Å²) in [5.74, 6) is 0. The maximum absolute atomic E-state index is 4.41. The Morgan fingerprint density at radius 2 is 1.15 bits per heavy atom. The van der Waals surface area contributed by atoms with Gasteiger partial charge in [0.05, 0.1) is 33.5 Å². The van der Waals surface area contributed by atoms with E-state index in [2.05, 4.69) is 168 Å². The number of anilines is 3. The number of aromatic nitrogens is 2. The first-order valence-corrected chi connectivity index (χ1v) is 16.8.